The fraction of sp³-hybridized carbons (Fsp3) is 0.714. The summed E-state index contributed by atoms with van der Waals surface area (Å²) in [5, 5.41) is 9.94. The van der Waals surface area contributed by atoms with Crippen LogP contribution in [0.25, 0.3) is 0 Å². The van der Waals surface area contributed by atoms with Gasteiger partial charge in [0.1, 0.15) is 5.76 Å². The number of carbonyl (C=O) groups is 1. The predicted octanol–water partition coefficient (Wildman–Crippen LogP) is 1.24. The molecule has 0 saturated carbocycles. The Hall–Kier alpha value is -1.40. The van der Waals surface area contributed by atoms with Crippen LogP contribution in [0.2, 0.25) is 0 Å². The number of anilines is 1. The van der Waals surface area contributed by atoms with Gasteiger partial charge in [0.15, 0.2) is 5.82 Å². The molecule has 2 N–H and O–H groups in total. The molecule has 1 saturated heterocycles. The van der Waals surface area contributed by atoms with Crippen LogP contribution in [0.3, 0.4) is 0 Å². The molecule has 0 spiro atoms. The Morgan fingerprint density at radius 1 is 1.65 bits per heavy atom. The van der Waals surface area contributed by atoms with E-state index in [4.69, 9.17) is 4.52 Å². The molecule has 6 nitrogen and oxygen atoms in total. The number of amides is 1. The third kappa shape index (κ3) is 4.61. The molecule has 0 bridgehead atoms. The van der Waals surface area contributed by atoms with Crippen LogP contribution < -0.4 is 10.6 Å². The van der Waals surface area contributed by atoms with Crippen LogP contribution in [0.5, 0.6) is 0 Å². The number of likely N-dealkylation sites (N-methyl/N-ethyl adjacent to an activating group) is 1. The SMILES string of the molecule is CCN(CC(=O)Nc1cc(C)on1)CC1CCCNC1. The van der Waals surface area contributed by atoms with E-state index < -0.39 is 0 Å². The summed E-state index contributed by atoms with van der Waals surface area (Å²) in [6.07, 6.45) is 2.47. The highest BCUT2D eigenvalue weighted by atomic mass is 16.5. The quantitative estimate of drug-likeness (QED) is 0.820. The van der Waals surface area contributed by atoms with Crippen LogP contribution in [-0.2, 0) is 4.79 Å². The minimum Gasteiger partial charge on any atom is -0.360 e. The number of nitrogens with one attached hydrogen (secondary N) is 2. The van der Waals surface area contributed by atoms with Gasteiger partial charge in [-0.3, -0.25) is 9.69 Å². The maximum absolute atomic E-state index is 12.0. The van der Waals surface area contributed by atoms with E-state index in [0.29, 0.717) is 24.0 Å². The van der Waals surface area contributed by atoms with Crippen molar-refractivity contribution in [3.05, 3.63) is 11.8 Å². The second kappa shape index (κ2) is 7.40. The van der Waals surface area contributed by atoms with Gasteiger partial charge in [-0.05, 0) is 45.3 Å². The molecule has 0 radical (unpaired) electrons. The van der Waals surface area contributed by atoms with Crippen molar-refractivity contribution < 1.29 is 9.32 Å². The van der Waals surface area contributed by atoms with E-state index in [1.165, 1.54) is 12.8 Å². The van der Waals surface area contributed by atoms with Gasteiger partial charge in [-0.15, -0.1) is 0 Å². The standard InChI is InChI=1S/C14H24N4O2/c1-3-18(9-12-5-4-6-15-8-12)10-14(19)16-13-7-11(2)20-17-13/h7,12,15H,3-6,8-10H2,1-2H3,(H,16,17,19). The van der Waals surface area contributed by atoms with Gasteiger partial charge >= 0.3 is 0 Å². The molecule has 2 heterocycles. The first-order valence-electron chi connectivity index (χ1n) is 7.33. The zero-order valence-electron chi connectivity index (χ0n) is 12.3. The van der Waals surface area contributed by atoms with E-state index >= 15 is 0 Å². The number of carbonyl (C=O) groups excluding carboxylic acids is 1. The molecule has 1 aromatic heterocycles. The molecule has 1 aliphatic heterocycles. The van der Waals surface area contributed by atoms with Crippen LogP contribution in [-0.4, -0.2) is 48.7 Å². The second-order valence-electron chi connectivity index (χ2n) is 5.41. The lowest BCUT2D eigenvalue weighted by Gasteiger charge is -2.28. The Bertz CT molecular complexity index is 427. The van der Waals surface area contributed by atoms with Gasteiger partial charge in [0.25, 0.3) is 0 Å². The Labute approximate surface area is 119 Å². The van der Waals surface area contributed by atoms with E-state index in [9.17, 15) is 4.79 Å². The van der Waals surface area contributed by atoms with Gasteiger partial charge in [0.2, 0.25) is 5.91 Å². The highest BCUT2D eigenvalue weighted by Gasteiger charge is 2.18. The van der Waals surface area contributed by atoms with E-state index in [1.54, 1.807) is 13.0 Å². The molecule has 1 amide bonds. The summed E-state index contributed by atoms with van der Waals surface area (Å²) in [5.74, 6) is 1.79. The Morgan fingerprint density at radius 3 is 3.10 bits per heavy atom. The largest absolute Gasteiger partial charge is 0.360 e. The monoisotopic (exact) mass is 280 g/mol. The fourth-order valence-corrected chi connectivity index (χ4v) is 2.56. The van der Waals surface area contributed by atoms with Crippen molar-refractivity contribution in [2.45, 2.75) is 26.7 Å². The number of piperidine rings is 1. The number of nitrogens with zero attached hydrogens (tertiary/aromatic N) is 2. The minimum absolute atomic E-state index is 0.0380. The summed E-state index contributed by atoms with van der Waals surface area (Å²) < 4.78 is 4.93. The average Bonchev–Trinajstić information content (AvgIpc) is 2.84. The molecule has 1 aliphatic rings. The van der Waals surface area contributed by atoms with Crippen molar-refractivity contribution in [3.63, 3.8) is 0 Å². The summed E-state index contributed by atoms with van der Waals surface area (Å²) in [4.78, 5) is 14.2. The molecule has 1 fully saturated rings. The van der Waals surface area contributed by atoms with Crippen molar-refractivity contribution in [1.29, 1.82) is 0 Å². The van der Waals surface area contributed by atoms with Crippen molar-refractivity contribution in [1.82, 2.24) is 15.4 Å². The van der Waals surface area contributed by atoms with Crippen LogP contribution in [0, 0.1) is 12.8 Å². The Kier molecular flexibility index (Phi) is 5.55. The molecule has 20 heavy (non-hydrogen) atoms. The summed E-state index contributed by atoms with van der Waals surface area (Å²) in [7, 11) is 0. The van der Waals surface area contributed by atoms with Gasteiger partial charge in [-0.2, -0.15) is 0 Å². The van der Waals surface area contributed by atoms with Gasteiger partial charge in [0, 0.05) is 12.6 Å². The topological polar surface area (TPSA) is 70.4 Å². The lowest BCUT2D eigenvalue weighted by atomic mass is 9.99. The number of aryl methyl sites for hydroxylation is 1. The molecule has 2 rings (SSSR count). The molecular formula is C14H24N4O2. The van der Waals surface area contributed by atoms with E-state index in [2.05, 4.69) is 27.6 Å². The van der Waals surface area contributed by atoms with E-state index in [-0.39, 0.29) is 5.91 Å². The van der Waals surface area contributed by atoms with E-state index in [0.717, 1.165) is 26.2 Å². The van der Waals surface area contributed by atoms with Crippen LogP contribution >= 0.6 is 0 Å². The predicted molar refractivity (Wildman–Crippen MR) is 77.6 cm³/mol. The first-order valence-corrected chi connectivity index (χ1v) is 7.33. The van der Waals surface area contributed by atoms with Crippen molar-refractivity contribution >= 4 is 11.7 Å². The molecule has 1 unspecified atom stereocenters. The average molecular weight is 280 g/mol. The number of aromatic nitrogens is 1. The third-order valence-electron chi connectivity index (χ3n) is 3.63. The van der Waals surface area contributed by atoms with Crippen LogP contribution in [0.15, 0.2) is 10.6 Å². The molecule has 6 heteroatoms. The summed E-state index contributed by atoms with van der Waals surface area (Å²) in [6.45, 7) is 8.31. The van der Waals surface area contributed by atoms with Crippen molar-refractivity contribution in [2.75, 3.05) is 38.0 Å². The molecule has 0 aromatic carbocycles. The third-order valence-corrected chi connectivity index (χ3v) is 3.63. The minimum atomic E-state index is -0.0380. The number of hydrogen-bond acceptors (Lipinski definition) is 5. The second-order valence-corrected chi connectivity index (χ2v) is 5.41. The lowest BCUT2D eigenvalue weighted by molar-refractivity contribution is -0.117. The smallest absolute Gasteiger partial charge is 0.239 e. The van der Waals surface area contributed by atoms with Crippen molar-refractivity contribution in [3.8, 4) is 0 Å². The molecule has 0 aliphatic carbocycles. The maximum Gasteiger partial charge on any atom is 0.239 e. The Morgan fingerprint density at radius 2 is 2.50 bits per heavy atom. The first-order chi connectivity index (χ1) is 9.67. The zero-order valence-corrected chi connectivity index (χ0v) is 12.3. The highest BCUT2D eigenvalue weighted by Crippen LogP contribution is 2.12. The lowest BCUT2D eigenvalue weighted by Crippen LogP contribution is -2.41. The zero-order chi connectivity index (χ0) is 14.4. The van der Waals surface area contributed by atoms with Gasteiger partial charge in [-0.25, -0.2) is 0 Å². The molecule has 1 atom stereocenters. The normalized spacial score (nSPS) is 19.2. The summed E-state index contributed by atoms with van der Waals surface area (Å²) >= 11 is 0. The number of hydrogen-bond donors (Lipinski definition) is 2. The molecular weight excluding hydrogens is 256 g/mol. The maximum atomic E-state index is 12.0. The fourth-order valence-electron chi connectivity index (χ4n) is 2.56. The molecule has 112 valence electrons. The Balaban J connectivity index is 1.78. The van der Waals surface area contributed by atoms with Gasteiger partial charge in [-0.1, -0.05) is 12.1 Å². The van der Waals surface area contributed by atoms with E-state index in [1.807, 2.05) is 0 Å². The van der Waals surface area contributed by atoms with Crippen molar-refractivity contribution in [2.24, 2.45) is 5.92 Å². The number of rotatable bonds is 6. The summed E-state index contributed by atoms with van der Waals surface area (Å²) in [5.41, 5.74) is 0. The first kappa shape index (κ1) is 15.0. The van der Waals surface area contributed by atoms with Crippen LogP contribution in [0.1, 0.15) is 25.5 Å². The van der Waals surface area contributed by atoms with Gasteiger partial charge < -0.3 is 15.2 Å². The highest BCUT2D eigenvalue weighted by molar-refractivity contribution is 5.91. The summed E-state index contributed by atoms with van der Waals surface area (Å²) in [6, 6.07) is 1.72. The van der Waals surface area contributed by atoms with Crippen LogP contribution in [0.4, 0.5) is 5.82 Å². The molecule has 1 aromatic rings. The van der Waals surface area contributed by atoms with Gasteiger partial charge in [0.05, 0.1) is 6.54 Å².